The van der Waals surface area contributed by atoms with Gasteiger partial charge in [0.1, 0.15) is 0 Å². The van der Waals surface area contributed by atoms with Gasteiger partial charge in [0.25, 0.3) is 0 Å². The first-order chi connectivity index (χ1) is 9.85. The predicted octanol–water partition coefficient (Wildman–Crippen LogP) is 1.45. The molecule has 6 heteroatoms. The molecule has 0 aromatic heterocycles. The van der Waals surface area contributed by atoms with Gasteiger partial charge >= 0.3 is 0 Å². The molecule has 21 heavy (non-hydrogen) atoms. The lowest BCUT2D eigenvalue weighted by Gasteiger charge is -2.35. The molecule has 2 amide bonds. The van der Waals surface area contributed by atoms with Crippen molar-refractivity contribution in [3.63, 3.8) is 0 Å². The maximum absolute atomic E-state index is 12.9. The molecule has 0 spiro atoms. The van der Waals surface area contributed by atoms with E-state index in [1.807, 2.05) is 6.92 Å². The third-order valence-electron chi connectivity index (χ3n) is 4.43. The number of nitrogens with two attached hydrogens (primary N) is 1. The van der Waals surface area contributed by atoms with Crippen LogP contribution < -0.4 is 11.1 Å². The van der Waals surface area contributed by atoms with E-state index < -0.39 is 5.41 Å². The van der Waals surface area contributed by atoms with Crippen molar-refractivity contribution < 1.29 is 9.59 Å². The highest BCUT2D eigenvalue weighted by Crippen LogP contribution is 2.37. The molecule has 0 aromatic rings. The Hall–Kier alpha value is -1.17. The van der Waals surface area contributed by atoms with Gasteiger partial charge in [-0.3, -0.25) is 9.59 Å². The number of thiocarbonyl (C=S) groups is 1. The van der Waals surface area contributed by atoms with Gasteiger partial charge in [-0.05, 0) is 12.8 Å². The minimum Gasteiger partial charge on any atom is -0.392 e. The van der Waals surface area contributed by atoms with Crippen LogP contribution in [0.4, 0.5) is 0 Å². The van der Waals surface area contributed by atoms with E-state index in [-0.39, 0.29) is 17.7 Å². The van der Waals surface area contributed by atoms with Crippen molar-refractivity contribution in [2.24, 2.45) is 17.1 Å². The van der Waals surface area contributed by atoms with Crippen molar-refractivity contribution in [1.29, 1.82) is 0 Å². The summed E-state index contributed by atoms with van der Waals surface area (Å²) < 4.78 is 0. The van der Waals surface area contributed by atoms with Gasteiger partial charge in [0.2, 0.25) is 11.8 Å². The van der Waals surface area contributed by atoms with Crippen LogP contribution in [0.3, 0.4) is 0 Å². The molecular weight excluding hydrogens is 286 g/mol. The molecule has 5 nitrogen and oxygen atoms in total. The van der Waals surface area contributed by atoms with Crippen LogP contribution in [-0.2, 0) is 9.59 Å². The molecule has 1 saturated carbocycles. The standard InChI is InChI=1S/C15H27N3O2S/c1-11(12(19)17-2)10-18(3)14(20)15(13(16)21)8-6-4-5-7-9-15/h11H,4-10H2,1-3H3,(H2,16,21)(H,17,19). The van der Waals surface area contributed by atoms with Crippen molar-refractivity contribution in [2.75, 3.05) is 20.6 Å². The molecule has 3 N–H and O–H groups in total. The Balaban J connectivity index is 2.85. The Kier molecular flexibility index (Phi) is 6.58. The molecule has 120 valence electrons. The molecular formula is C15H27N3O2S. The van der Waals surface area contributed by atoms with Crippen LogP contribution in [0.25, 0.3) is 0 Å². The summed E-state index contributed by atoms with van der Waals surface area (Å²) in [6.45, 7) is 2.19. The fourth-order valence-electron chi connectivity index (χ4n) is 3.09. The van der Waals surface area contributed by atoms with Crippen molar-refractivity contribution in [3.8, 4) is 0 Å². The lowest BCUT2D eigenvalue weighted by atomic mass is 9.78. The summed E-state index contributed by atoms with van der Waals surface area (Å²) in [6.07, 6.45) is 5.63. The Morgan fingerprint density at radius 2 is 1.81 bits per heavy atom. The van der Waals surface area contributed by atoms with E-state index in [1.54, 1.807) is 19.0 Å². The van der Waals surface area contributed by atoms with E-state index in [0.717, 1.165) is 38.5 Å². The van der Waals surface area contributed by atoms with E-state index in [0.29, 0.717) is 11.5 Å². The van der Waals surface area contributed by atoms with Gasteiger partial charge in [0.15, 0.2) is 0 Å². The van der Waals surface area contributed by atoms with Crippen molar-refractivity contribution in [2.45, 2.75) is 45.4 Å². The molecule has 0 bridgehead atoms. The third kappa shape index (κ3) is 4.15. The molecule has 0 saturated heterocycles. The van der Waals surface area contributed by atoms with E-state index in [9.17, 15) is 9.59 Å². The van der Waals surface area contributed by atoms with Crippen LogP contribution in [0.5, 0.6) is 0 Å². The average molecular weight is 313 g/mol. The Bertz CT molecular complexity index is 404. The van der Waals surface area contributed by atoms with Gasteiger partial charge in [0, 0.05) is 20.6 Å². The van der Waals surface area contributed by atoms with E-state index in [1.165, 1.54) is 0 Å². The number of rotatable bonds is 5. The smallest absolute Gasteiger partial charge is 0.235 e. The second kappa shape index (κ2) is 7.73. The fourth-order valence-corrected chi connectivity index (χ4v) is 3.38. The Morgan fingerprint density at radius 3 is 2.24 bits per heavy atom. The first kappa shape index (κ1) is 17.9. The van der Waals surface area contributed by atoms with Crippen molar-refractivity contribution in [1.82, 2.24) is 10.2 Å². The van der Waals surface area contributed by atoms with E-state index in [2.05, 4.69) is 5.32 Å². The number of amides is 2. The molecule has 0 radical (unpaired) electrons. The first-order valence-electron chi connectivity index (χ1n) is 7.62. The second-order valence-corrected chi connectivity index (χ2v) is 6.50. The second-order valence-electron chi connectivity index (χ2n) is 6.06. The van der Waals surface area contributed by atoms with E-state index in [4.69, 9.17) is 18.0 Å². The summed E-state index contributed by atoms with van der Waals surface area (Å²) >= 11 is 5.22. The highest BCUT2D eigenvalue weighted by molar-refractivity contribution is 7.80. The fraction of sp³-hybridized carbons (Fsp3) is 0.800. The number of nitrogens with one attached hydrogen (secondary N) is 1. The van der Waals surface area contributed by atoms with Crippen LogP contribution >= 0.6 is 12.2 Å². The summed E-state index contributed by atoms with van der Waals surface area (Å²) in [6, 6.07) is 0. The number of hydrogen-bond donors (Lipinski definition) is 2. The lowest BCUT2D eigenvalue weighted by Crippen LogP contribution is -2.51. The summed E-state index contributed by atoms with van der Waals surface area (Å²) in [7, 11) is 3.33. The van der Waals surface area contributed by atoms with Gasteiger partial charge in [-0.2, -0.15) is 0 Å². The van der Waals surface area contributed by atoms with Crippen LogP contribution in [0, 0.1) is 11.3 Å². The lowest BCUT2D eigenvalue weighted by molar-refractivity contribution is -0.139. The summed E-state index contributed by atoms with van der Waals surface area (Å²) in [4.78, 5) is 26.4. The third-order valence-corrected chi connectivity index (χ3v) is 4.82. The maximum Gasteiger partial charge on any atom is 0.235 e. The zero-order valence-electron chi connectivity index (χ0n) is 13.3. The number of carbonyl (C=O) groups excluding carboxylic acids is 2. The van der Waals surface area contributed by atoms with Crippen molar-refractivity contribution >= 4 is 29.0 Å². The molecule has 0 aromatic carbocycles. The summed E-state index contributed by atoms with van der Waals surface area (Å²) in [5, 5.41) is 2.60. The number of hydrogen-bond acceptors (Lipinski definition) is 3. The highest BCUT2D eigenvalue weighted by atomic mass is 32.1. The van der Waals surface area contributed by atoms with Gasteiger partial charge in [-0.1, -0.05) is 44.8 Å². The van der Waals surface area contributed by atoms with Crippen LogP contribution in [0.2, 0.25) is 0 Å². The molecule has 0 heterocycles. The zero-order valence-corrected chi connectivity index (χ0v) is 14.1. The quantitative estimate of drug-likeness (QED) is 0.595. The van der Waals surface area contributed by atoms with E-state index >= 15 is 0 Å². The topological polar surface area (TPSA) is 75.4 Å². The van der Waals surface area contributed by atoms with Gasteiger partial charge in [0.05, 0.1) is 16.3 Å². The molecule has 1 fully saturated rings. The molecule has 1 aliphatic rings. The monoisotopic (exact) mass is 313 g/mol. The Morgan fingerprint density at radius 1 is 1.29 bits per heavy atom. The molecule has 1 atom stereocenters. The zero-order chi connectivity index (χ0) is 16.0. The number of nitrogens with zero attached hydrogens (tertiary/aromatic N) is 1. The number of carbonyl (C=O) groups is 2. The van der Waals surface area contributed by atoms with Crippen LogP contribution in [0.15, 0.2) is 0 Å². The van der Waals surface area contributed by atoms with Crippen LogP contribution in [-0.4, -0.2) is 42.3 Å². The highest BCUT2D eigenvalue weighted by Gasteiger charge is 2.43. The minimum absolute atomic E-state index is 0.0346. The summed E-state index contributed by atoms with van der Waals surface area (Å²) in [5.41, 5.74) is 5.21. The Labute approximate surface area is 132 Å². The van der Waals surface area contributed by atoms with Gasteiger partial charge < -0.3 is 16.0 Å². The van der Waals surface area contributed by atoms with Crippen LogP contribution in [0.1, 0.15) is 45.4 Å². The van der Waals surface area contributed by atoms with Gasteiger partial charge in [-0.25, -0.2) is 0 Å². The average Bonchev–Trinajstić information content (AvgIpc) is 2.71. The normalized spacial score (nSPS) is 19.2. The molecule has 1 aliphatic carbocycles. The molecule has 0 aliphatic heterocycles. The SMILES string of the molecule is CNC(=O)C(C)CN(C)C(=O)C1(C(N)=S)CCCCCC1. The minimum atomic E-state index is -0.719. The van der Waals surface area contributed by atoms with Crippen molar-refractivity contribution in [3.05, 3.63) is 0 Å². The maximum atomic E-state index is 12.9. The first-order valence-corrected chi connectivity index (χ1v) is 8.03. The largest absolute Gasteiger partial charge is 0.392 e. The van der Waals surface area contributed by atoms with Gasteiger partial charge in [-0.15, -0.1) is 0 Å². The molecule has 1 rings (SSSR count). The summed E-state index contributed by atoms with van der Waals surface area (Å²) in [5.74, 6) is -0.356. The predicted molar refractivity (Wildman–Crippen MR) is 87.8 cm³/mol. The molecule has 1 unspecified atom stereocenters.